The molecule has 35 heteroatoms. The molecule has 0 aliphatic rings. The van der Waals surface area contributed by atoms with Gasteiger partial charge in [0.2, 0.25) is 0 Å². The topological polar surface area (TPSA) is 468 Å². The Morgan fingerprint density at radius 1 is 0.977 bits per heavy atom. The molecule has 1 unspecified atom stereocenters. The van der Waals surface area contributed by atoms with E-state index in [2.05, 4.69) is 26.7 Å². The van der Waals surface area contributed by atoms with E-state index < -0.39 is 30.2 Å². The number of nitrogens with one attached hydrogen (secondary N) is 4. The molecular formula is C9H62B4Cl4N19Si8-. The molecule has 0 spiro atoms. The summed E-state index contributed by atoms with van der Waals surface area (Å²) >= 11 is 10.3. The molecular weight excluding hydrogens is 784 g/mol. The van der Waals surface area contributed by atoms with Crippen LogP contribution >= 0.6 is 47.0 Å². The second-order valence-corrected chi connectivity index (χ2v) is 42.5. The fraction of sp³-hybridized carbons (Fsp3) is 0.778. The molecule has 0 heterocycles. The Labute approximate surface area is 307 Å². The largest absolute Gasteiger partial charge is 0.693 e. The predicted octanol–water partition coefficient (Wildman–Crippen LogP) is 2.37. The van der Waals surface area contributed by atoms with E-state index in [0.717, 1.165) is 29.8 Å². The van der Waals surface area contributed by atoms with E-state index >= 15 is 0 Å². The first kappa shape index (κ1) is 121. The van der Waals surface area contributed by atoms with Gasteiger partial charge in [0.25, 0.3) is 0 Å². The summed E-state index contributed by atoms with van der Waals surface area (Å²) in [7, 11) is 2.13. The Kier molecular flexibility index (Phi) is 286. The van der Waals surface area contributed by atoms with Gasteiger partial charge in [0.1, 0.15) is 17.7 Å². The van der Waals surface area contributed by atoms with E-state index in [1.165, 1.54) is 7.05 Å². The van der Waals surface area contributed by atoms with E-state index in [0.29, 0.717) is 0 Å². The first-order valence-corrected chi connectivity index (χ1v) is 32.3. The van der Waals surface area contributed by atoms with Crippen LogP contribution in [-0.4, -0.2) is 101 Å². The van der Waals surface area contributed by atoms with Crippen LogP contribution in [0.4, 0.5) is 0 Å². The molecule has 0 fully saturated rings. The maximum absolute atomic E-state index is 7.99. The van der Waals surface area contributed by atoms with Crippen LogP contribution in [-0.2, 0) is 0 Å². The molecule has 0 aliphatic carbocycles. The summed E-state index contributed by atoms with van der Waals surface area (Å²) in [4.78, 5) is 2.71. The van der Waals surface area contributed by atoms with Crippen molar-refractivity contribution in [3.05, 3.63) is 37.6 Å². The van der Waals surface area contributed by atoms with Gasteiger partial charge < -0.3 is 37.8 Å². The van der Waals surface area contributed by atoms with E-state index in [-0.39, 0.29) is 113 Å². The fourth-order valence-corrected chi connectivity index (χ4v) is 11.4. The Bertz CT molecular complexity index is 626. The molecule has 44 heavy (non-hydrogen) atoms. The quantitative estimate of drug-likeness (QED) is 0.0210. The zero-order valence-corrected chi connectivity index (χ0v) is 38.6. The second-order valence-electron chi connectivity index (χ2n) is 4.66. The molecule has 0 aliphatic heterocycles. The SMILES string of the molecule is C.C.C.CN.C[SiH2]Cl.C[SiH2]Cl.Cl.Cl.N.N#N.N#N.N=B/[Si](=N\N)[Si](B=N)(B=N)[Si](=N)N.[B][Si]([SiH3])(N=[N+]=[N-])[SiH2]C.[CH3+].[CH3-].[NH2-].[NH2-].[NH4+]. The summed E-state index contributed by atoms with van der Waals surface area (Å²) in [5.74, 6) is 5.08. The third-order valence-corrected chi connectivity index (χ3v) is 32.0. The molecule has 266 valence electrons. The number of rotatable bonds is 7. The summed E-state index contributed by atoms with van der Waals surface area (Å²) in [6.07, 6.45) is 0. The van der Waals surface area contributed by atoms with Crippen LogP contribution in [0.15, 0.2) is 9.52 Å². The maximum atomic E-state index is 7.99. The van der Waals surface area contributed by atoms with E-state index in [1.807, 2.05) is 13.1 Å². The second kappa shape index (κ2) is 104. The molecule has 2 radical (unpaired) electrons. The normalized spacial score (nSPS) is 9.20. The van der Waals surface area contributed by atoms with Crippen molar-refractivity contribution in [3.8, 4) is 0 Å². The number of quaternary nitrogens is 1. The maximum Gasteiger partial charge on any atom is 0.0832 e. The van der Waals surface area contributed by atoms with Gasteiger partial charge in [0.05, 0.1) is 14.6 Å². The zero-order valence-electron chi connectivity index (χ0n) is 25.2. The first-order chi connectivity index (χ1) is 15.5. The van der Waals surface area contributed by atoms with Crippen molar-refractivity contribution < 1.29 is 0 Å². The number of nitrogens with two attached hydrogens (primary N) is 5. The molecule has 0 aromatic rings. The van der Waals surface area contributed by atoms with Crippen LogP contribution in [0.5, 0.6) is 0 Å². The Morgan fingerprint density at radius 3 is 1.25 bits per heavy atom. The number of hydrogen-bond donors (Lipinski definition) is 9. The molecule has 0 aromatic heterocycles. The average Bonchev–Trinajstić information content (AvgIpc) is 2.82. The third kappa shape index (κ3) is 83.8. The van der Waals surface area contributed by atoms with Crippen molar-refractivity contribution >= 4 is 141 Å². The number of azide groups is 1. The van der Waals surface area contributed by atoms with Crippen molar-refractivity contribution in [2.45, 2.75) is 41.9 Å². The van der Waals surface area contributed by atoms with Gasteiger partial charge in [-0.15, -0.1) is 29.6 Å². The average molecular weight is 846 g/mol. The smallest absolute Gasteiger partial charge is 0.0832 e. The molecule has 0 rings (SSSR count). The first-order valence-electron chi connectivity index (χ1n) is 8.65. The van der Waals surface area contributed by atoms with Gasteiger partial charge in [0, 0.05) is 38.0 Å². The number of hydrogen-bond acceptors (Lipinski definition) is 13. The van der Waals surface area contributed by atoms with Gasteiger partial charge in [-0.25, -0.2) is 0 Å². The van der Waals surface area contributed by atoms with Crippen molar-refractivity contribution in [2.24, 2.45) is 26.5 Å². The summed E-state index contributed by atoms with van der Waals surface area (Å²) in [5.41, 5.74) is 12.5. The van der Waals surface area contributed by atoms with Gasteiger partial charge in [0.15, 0.2) is 0 Å². The van der Waals surface area contributed by atoms with Crippen molar-refractivity contribution in [3.63, 3.8) is 0 Å². The van der Waals surface area contributed by atoms with Crippen LogP contribution < -0.4 is 29.3 Å². The Morgan fingerprint density at radius 2 is 1.20 bits per heavy atom. The molecule has 21 N–H and O–H groups in total. The van der Waals surface area contributed by atoms with Crippen LogP contribution in [0, 0.1) is 57.4 Å². The van der Waals surface area contributed by atoms with E-state index in [4.69, 9.17) is 88.9 Å². The minimum atomic E-state index is -2.75. The summed E-state index contributed by atoms with van der Waals surface area (Å²) in [6.45, 7) is 6.57. The molecule has 1 atom stereocenters. The van der Waals surface area contributed by atoms with Crippen molar-refractivity contribution in [1.29, 1.82) is 42.6 Å². The molecule has 0 bridgehead atoms. The molecule has 0 amide bonds. The molecule has 19 nitrogen and oxygen atoms in total. The summed E-state index contributed by atoms with van der Waals surface area (Å²) < 4.78 is 7.08. The predicted molar refractivity (Wildman–Crippen MR) is 228 cm³/mol. The van der Waals surface area contributed by atoms with E-state index in [9.17, 15) is 0 Å². The minimum Gasteiger partial charge on any atom is -0.693 e. The number of halogens is 4. The van der Waals surface area contributed by atoms with Crippen LogP contribution in [0.25, 0.3) is 22.7 Å². The molecule has 0 aromatic carbocycles. The zero-order chi connectivity index (χ0) is 28.5. The minimum absolute atomic E-state index is 0. The van der Waals surface area contributed by atoms with Gasteiger partial charge in [-0.2, -0.15) is 22.2 Å². The van der Waals surface area contributed by atoms with Gasteiger partial charge in [-0.1, -0.05) is 41.9 Å². The van der Waals surface area contributed by atoms with Crippen LogP contribution in [0.1, 0.15) is 22.3 Å². The standard InChI is InChI=1S/CH8BN3Si3.2CH5ClSi.CH5N.3CH4.2CH3.B3H8N7Si3.2ClH.2N2.2H3N.2H2N/c1-7-8(2,6)5-4-3;2*1-3-2;1-2;;;;;;4-1-11(10-7)13(2-5,3-6)12(8)9;;;2*1-2;;;;/h7H2,1,6H3;2*3H2,1H3;2H2,1H3;3*1H4;2*1H3;4-6,8H,7,9H2;2*1H;;;2*1H3;2*1H2/q;;;;;;;-1;+1;;;;;;;;2*-1/p+1/b;;;;;;;;;11-10+,12-8?;;;;;;;;. The fourth-order valence-electron chi connectivity index (χ4n) is 0.919. The number of nitrogens with zero attached hydrogens (tertiary/aromatic N) is 8. The van der Waals surface area contributed by atoms with Crippen LogP contribution in [0.2, 0.25) is 19.6 Å². The van der Waals surface area contributed by atoms with Crippen LogP contribution in [0.3, 0.4) is 0 Å². The van der Waals surface area contributed by atoms with Crippen molar-refractivity contribution in [2.75, 3.05) is 7.05 Å². The Balaban J connectivity index is -0.0000000122. The Hall–Kier alpha value is -0.425. The monoisotopic (exact) mass is 844 g/mol. The van der Waals surface area contributed by atoms with E-state index in [1.54, 1.807) is 0 Å². The van der Waals surface area contributed by atoms with Gasteiger partial charge >= 0.3 is 80.1 Å². The molecule has 0 saturated carbocycles. The molecule has 0 saturated heterocycles. The summed E-state index contributed by atoms with van der Waals surface area (Å²) in [5, 5.41) is 58.4. The summed E-state index contributed by atoms with van der Waals surface area (Å²) in [6, 6.07) is 0. The van der Waals surface area contributed by atoms with Gasteiger partial charge in [-0.3, -0.25) is 0 Å². The van der Waals surface area contributed by atoms with Gasteiger partial charge in [-0.05, 0) is 27.3 Å². The third-order valence-electron chi connectivity index (χ3n) is 2.59. The van der Waals surface area contributed by atoms with Crippen molar-refractivity contribution in [1.82, 2.24) is 12.3 Å².